The molecule has 134 valence electrons. The van der Waals surface area contributed by atoms with Crippen LogP contribution in [0.1, 0.15) is 40.0 Å². The molecule has 5 nitrogen and oxygen atoms in total. The quantitative estimate of drug-likeness (QED) is 0.733. The molecule has 0 aliphatic carbocycles. The Hall–Kier alpha value is -3.15. The Morgan fingerprint density at radius 3 is 2.62 bits per heavy atom. The normalized spacial score (nSPS) is 11.9. The summed E-state index contributed by atoms with van der Waals surface area (Å²) in [6.07, 6.45) is 2.12. The van der Waals surface area contributed by atoms with Gasteiger partial charge >= 0.3 is 0 Å². The Kier molecular flexibility index (Phi) is 5.31. The fraction of sp³-hybridized carbons (Fsp3) is 0.200. The third-order valence-corrected chi connectivity index (χ3v) is 3.99. The van der Waals surface area contributed by atoms with Crippen molar-refractivity contribution in [2.24, 2.45) is 0 Å². The van der Waals surface area contributed by atoms with Crippen molar-refractivity contribution in [3.8, 4) is 0 Å². The molecular formula is C20H18FNO4. The minimum absolute atomic E-state index is 0.0219. The van der Waals surface area contributed by atoms with Gasteiger partial charge in [0.2, 0.25) is 0 Å². The topological polar surface area (TPSA) is 72.5 Å². The van der Waals surface area contributed by atoms with Crippen LogP contribution in [0.15, 0.2) is 68.4 Å². The fourth-order valence-electron chi connectivity index (χ4n) is 2.79. The number of carbonyl (C=O) groups is 1. The minimum Gasteiger partial charge on any atom is -0.469 e. The summed E-state index contributed by atoms with van der Waals surface area (Å²) in [5.41, 5.74) is 0.608. The molecule has 6 heteroatoms. The van der Waals surface area contributed by atoms with Gasteiger partial charge in [-0.25, -0.2) is 4.39 Å². The average Bonchev–Trinajstić information content (AvgIpc) is 3.13. The van der Waals surface area contributed by atoms with Gasteiger partial charge in [0.25, 0.3) is 5.91 Å². The molecule has 0 bridgehead atoms. The number of aryl methyl sites for hydroxylation is 1. The van der Waals surface area contributed by atoms with E-state index in [1.165, 1.54) is 18.2 Å². The van der Waals surface area contributed by atoms with Crippen LogP contribution in [0.3, 0.4) is 0 Å². The van der Waals surface area contributed by atoms with Gasteiger partial charge in [-0.3, -0.25) is 9.59 Å². The number of furan rings is 1. The Morgan fingerprint density at radius 1 is 1.19 bits per heavy atom. The summed E-state index contributed by atoms with van der Waals surface area (Å²) in [7, 11) is 0. The van der Waals surface area contributed by atoms with Gasteiger partial charge in [-0.1, -0.05) is 12.1 Å². The van der Waals surface area contributed by atoms with E-state index in [0.717, 1.165) is 17.4 Å². The molecule has 1 N–H and O–H groups in total. The first kappa shape index (κ1) is 17.7. The van der Waals surface area contributed by atoms with E-state index in [4.69, 9.17) is 8.83 Å². The second-order valence-electron chi connectivity index (χ2n) is 5.93. The first-order valence-corrected chi connectivity index (χ1v) is 8.22. The van der Waals surface area contributed by atoms with E-state index in [2.05, 4.69) is 5.32 Å². The largest absolute Gasteiger partial charge is 0.469 e. The molecule has 1 aromatic carbocycles. The van der Waals surface area contributed by atoms with E-state index in [1.54, 1.807) is 31.4 Å². The Labute approximate surface area is 149 Å². The average molecular weight is 355 g/mol. The van der Waals surface area contributed by atoms with Gasteiger partial charge in [0, 0.05) is 24.6 Å². The van der Waals surface area contributed by atoms with Crippen molar-refractivity contribution in [2.75, 3.05) is 6.54 Å². The smallest absolute Gasteiger partial charge is 0.287 e. The zero-order chi connectivity index (χ0) is 18.5. The van der Waals surface area contributed by atoms with Crippen LogP contribution in [0.2, 0.25) is 0 Å². The summed E-state index contributed by atoms with van der Waals surface area (Å²) < 4.78 is 23.9. The monoisotopic (exact) mass is 355 g/mol. The molecule has 1 unspecified atom stereocenters. The number of nitrogens with one attached hydrogen (secondary N) is 1. The molecule has 1 atom stereocenters. The molecule has 1 amide bonds. The Balaban J connectivity index is 1.69. The minimum atomic E-state index is -0.455. The predicted octanol–water partition coefficient (Wildman–Crippen LogP) is 3.63. The molecule has 0 aliphatic heterocycles. The first-order chi connectivity index (χ1) is 12.5. The number of hydrogen-bond acceptors (Lipinski definition) is 4. The van der Waals surface area contributed by atoms with Gasteiger partial charge in [0.05, 0.1) is 6.26 Å². The summed E-state index contributed by atoms with van der Waals surface area (Å²) in [5, 5.41) is 2.74. The maximum absolute atomic E-state index is 13.2. The number of rotatable bonds is 6. The molecule has 0 fully saturated rings. The van der Waals surface area contributed by atoms with Crippen LogP contribution in [0.4, 0.5) is 4.39 Å². The van der Waals surface area contributed by atoms with Crippen LogP contribution in [0.5, 0.6) is 0 Å². The summed E-state index contributed by atoms with van der Waals surface area (Å²) in [6, 6.07) is 12.3. The first-order valence-electron chi connectivity index (χ1n) is 8.22. The standard InChI is InChI=1S/C20H18FNO4/c1-13-11-16(23)12-19(26-13)20(24)22-9-8-17(18-3-2-10-25-18)14-4-6-15(21)7-5-14/h2-7,10-12,17H,8-9H2,1H3,(H,22,24). The summed E-state index contributed by atoms with van der Waals surface area (Å²) in [5.74, 6) is 0.190. The van der Waals surface area contributed by atoms with Crippen molar-refractivity contribution >= 4 is 5.91 Å². The third kappa shape index (κ3) is 4.27. The third-order valence-electron chi connectivity index (χ3n) is 3.99. The van der Waals surface area contributed by atoms with Crippen molar-refractivity contribution in [2.45, 2.75) is 19.3 Å². The second kappa shape index (κ2) is 7.82. The van der Waals surface area contributed by atoms with Crippen LogP contribution >= 0.6 is 0 Å². The van der Waals surface area contributed by atoms with Crippen LogP contribution in [-0.2, 0) is 0 Å². The summed E-state index contributed by atoms with van der Waals surface area (Å²) in [4.78, 5) is 23.7. The molecule has 3 rings (SSSR count). The van der Waals surface area contributed by atoms with Crippen molar-refractivity contribution < 1.29 is 18.0 Å². The molecule has 2 heterocycles. The molecule has 0 aliphatic rings. The fourth-order valence-corrected chi connectivity index (χ4v) is 2.79. The molecule has 2 aromatic heterocycles. The van der Waals surface area contributed by atoms with E-state index in [1.807, 2.05) is 6.07 Å². The summed E-state index contributed by atoms with van der Waals surface area (Å²) >= 11 is 0. The van der Waals surface area contributed by atoms with Gasteiger partial charge in [0.15, 0.2) is 11.2 Å². The number of benzene rings is 1. The van der Waals surface area contributed by atoms with Crippen molar-refractivity contribution in [3.63, 3.8) is 0 Å². The second-order valence-corrected chi connectivity index (χ2v) is 5.93. The van der Waals surface area contributed by atoms with Gasteiger partial charge in [-0.05, 0) is 43.2 Å². The van der Waals surface area contributed by atoms with Gasteiger partial charge < -0.3 is 14.2 Å². The Morgan fingerprint density at radius 2 is 1.96 bits per heavy atom. The van der Waals surface area contributed by atoms with E-state index < -0.39 is 5.91 Å². The molecule has 3 aromatic rings. The number of halogens is 1. The summed E-state index contributed by atoms with van der Waals surface area (Å²) in [6.45, 7) is 1.94. The molecule has 0 radical (unpaired) electrons. The molecular weight excluding hydrogens is 337 g/mol. The predicted molar refractivity (Wildman–Crippen MR) is 93.6 cm³/mol. The zero-order valence-electron chi connectivity index (χ0n) is 14.2. The maximum atomic E-state index is 13.2. The lowest BCUT2D eigenvalue weighted by Gasteiger charge is -2.15. The van der Waals surface area contributed by atoms with Gasteiger partial charge in [0.1, 0.15) is 17.3 Å². The van der Waals surface area contributed by atoms with Crippen molar-refractivity contribution in [1.29, 1.82) is 0 Å². The van der Waals surface area contributed by atoms with Crippen LogP contribution in [0, 0.1) is 12.7 Å². The maximum Gasteiger partial charge on any atom is 0.287 e. The van der Waals surface area contributed by atoms with Gasteiger partial charge in [-0.15, -0.1) is 0 Å². The highest BCUT2D eigenvalue weighted by Crippen LogP contribution is 2.28. The van der Waals surface area contributed by atoms with E-state index in [-0.39, 0.29) is 22.9 Å². The number of carbonyl (C=O) groups excluding carboxylic acids is 1. The molecule has 0 saturated heterocycles. The lowest BCUT2D eigenvalue weighted by atomic mass is 9.93. The van der Waals surface area contributed by atoms with E-state index >= 15 is 0 Å². The molecule has 0 saturated carbocycles. The van der Waals surface area contributed by atoms with Crippen LogP contribution in [-0.4, -0.2) is 12.5 Å². The highest BCUT2D eigenvalue weighted by Gasteiger charge is 2.18. The number of hydrogen-bond donors (Lipinski definition) is 1. The lowest BCUT2D eigenvalue weighted by Crippen LogP contribution is -2.26. The zero-order valence-corrected chi connectivity index (χ0v) is 14.2. The molecule has 0 spiro atoms. The van der Waals surface area contributed by atoms with Gasteiger partial charge in [-0.2, -0.15) is 0 Å². The van der Waals surface area contributed by atoms with Crippen molar-refractivity contribution in [1.82, 2.24) is 5.32 Å². The molecule has 26 heavy (non-hydrogen) atoms. The van der Waals surface area contributed by atoms with E-state index in [9.17, 15) is 14.0 Å². The van der Waals surface area contributed by atoms with Crippen LogP contribution in [0.25, 0.3) is 0 Å². The highest BCUT2D eigenvalue weighted by atomic mass is 19.1. The van der Waals surface area contributed by atoms with Crippen molar-refractivity contribution in [3.05, 3.63) is 93.7 Å². The van der Waals surface area contributed by atoms with E-state index in [0.29, 0.717) is 18.7 Å². The SMILES string of the molecule is Cc1cc(=O)cc(C(=O)NCCC(c2ccc(F)cc2)c2ccco2)o1. The Bertz CT molecular complexity index is 929. The van der Waals surface area contributed by atoms with Crippen LogP contribution < -0.4 is 10.7 Å². The highest BCUT2D eigenvalue weighted by molar-refractivity contribution is 5.91. The number of amides is 1. The lowest BCUT2D eigenvalue weighted by molar-refractivity contribution is 0.0920.